The Morgan fingerprint density at radius 3 is 2.30 bits per heavy atom. The van der Waals surface area contributed by atoms with Crippen molar-refractivity contribution in [3.63, 3.8) is 0 Å². The van der Waals surface area contributed by atoms with Gasteiger partial charge in [0.1, 0.15) is 6.33 Å². The molecule has 0 unspecified atom stereocenters. The lowest BCUT2D eigenvalue weighted by atomic mass is 10.6. The van der Waals surface area contributed by atoms with E-state index in [2.05, 4.69) is 10.2 Å². The molecule has 0 saturated heterocycles. The Morgan fingerprint density at radius 1 is 1.50 bits per heavy atom. The van der Waals surface area contributed by atoms with Crippen LogP contribution < -0.4 is 0 Å². The quantitative estimate of drug-likeness (QED) is 0.549. The van der Waals surface area contributed by atoms with Crippen LogP contribution in [-0.4, -0.2) is 14.8 Å². The number of aryl methyl sites for hydroxylation is 1. The summed E-state index contributed by atoms with van der Waals surface area (Å²) in [7, 11) is 1.24. The van der Waals surface area contributed by atoms with E-state index in [0.717, 1.165) is 10.9 Å². The maximum atomic E-state index is 11.8. The average Bonchev–Trinajstić information content (AvgIpc) is 2.11. The normalized spacial score (nSPS) is 12.0. The second kappa shape index (κ2) is 1.96. The molecule has 0 N–H and O–H groups in total. The van der Waals surface area contributed by atoms with Crippen molar-refractivity contribution in [1.29, 1.82) is 0 Å². The van der Waals surface area contributed by atoms with Crippen LogP contribution in [0.5, 0.6) is 0 Å². The molecule has 0 aliphatic rings. The molecule has 6 heteroatoms. The van der Waals surface area contributed by atoms with E-state index in [4.69, 9.17) is 0 Å². The molecule has 1 aromatic rings. The third kappa shape index (κ3) is 1.09. The first-order valence-corrected chi connectivity index (χ1v) is 2.43. The highest BCUT2D eigenvalue weighted by Crippen LogP contribution is 2.26. The number of rotatable bonds is 0. The van der Waals surface area contributed by atoms with Gasteiger partial charge in [0.15, 0.2) is 0 Å². The first kappa shape index (κ1) is 7.04. The Balaban J connectivity index is 3.05. The fourth-order valence-corrected chi connectivity index (χ4v) is 0.540. The highest BCUT2D eigenvalue weighted by Gasteiger charge is 2.35. The summed E-state index contributed by atoms with van der Waals surface area (Å²) in [6, 6.07) is 0. The fraction of sp³-hybridized carbons (Fsp3) is 0.500. The van der Waals surface area contributed by atoms with Gasteiger partial charge in [0.2, 0.25) is 5.82 Å². The molecule has 1 rings (SSSR count). The number of hydrogen-bond donors (Lipinski definition) is 0. The van der Waals surface area contributed by atoms with Gasteiger partial charge in [-0.25, -0.2) is 0 Å². The molecule has 1 heterocycles. The lowest BCUT2D eigenvalue weighted by molar-refractivity contribution is -0.147. The van der Waals surface area contributed by atoms with Crippen LogP contribution in [0.3, 0.4) is 0 Å². The molecule has 10 heavy (non-hydrogen) atoms. The van der Waals surface area contributed by atoms with Gasteiger partial charge in [-0.15, -0.1) is 10.2 Å². The summed E-state index contributed by atoms with van der Waals surface area (Å²) >= 11 is 0. The monoisotopic (exact) mass is 151 g/mol. The van der Waals surface area contributed by atoms with Crippen LogP contribution >= 0.6 is 0 Å². The van der Waals surface area contributed by atoms with Gasteiger partial charge in [-0.2, -0.15) is 13.2 Å². The molecule has 3 nitrogen and oxygen atoms in total. The Kier molecular flexibility index (Phi) is 1.38. The molecule has 0 spiro atoms. The molecule has 1 aromatic heterocycles. The minimum atomic E-state index is -4.40. The van der Waals surface area contributed by atoms with Gasteiger partial charge in [0.25, 0.3) is 0 Å². The van der Waals surface area contributed by atoms with E-state index in [1.165, 1.54) is 7.05 Å². The molecule has 0 radical (unpaired) electrons. The smallest absolute Gasteiger partial charge is 0.313 e. The molecule has 0 fully saturated rings. The number of alkyl halides is 3. The summed E-state index contributed by atoms with van der Waals surface area (Å²) in [5.74, 6) is -0.979. The van der Waals surface area contributed by atoms with Crippen LogP contribution in [0, 0.1) is 0 Å². The predicted molar refractivity (Wildman–Crippen MR) is 26.0 cm³/mol. The summed E-state index contributed by atoms with van der Waals surface area (Å²) in [6.45, 7) is 0. The van der Waals surface area contributed by atoms with Crippen molar-refractivity contribution in [3.8, 4) is 0 Å². The summed E-state index contributed by atoms with van der Waals surface area (Å²) in [5, 5.41) is 5.96. The van der Waals surface area contributed by atoms with Crippen molar-refractivity contribution in [2.75, 3.05) is 0 Å². The van der Waals surface area contributed by atoms with E-state index in [0.29, 0.717) is 0 Å². The maximum absolute atomic E-state index is 11.8. The van der Waals surface area contributed by atoms with Gasteiger partial charge >= 0.3 is 6.18 Å². The van der Waals surface area contributed by atoms with Crippen LogP contribution in [0.25, 0.3) is 0 Å². The van der Waals surface area contributed by atoms with E-state index >= 15 is 0 Å². The number of halogens is 3. The highest BCUT2D eigenvalue weighted by atomic mass is 19.4. The van der Waals surface area contributed by atoms with Gasteiger partial charge in [0, 0.05) is 7.05 Å². The second-order valence-electron chi connectivity index (χ2n) is 1.76. The largest absolute Gasteiger partial charge is 0.451 e. The third-order valence-corrected chi connectivity index (χ3v) is 0.965. The van der Waals surface area contributed by atoms with Crippen molar-refractivity contribution in [2.45, 2.75) is 6.18 Å². The van der Waals surface area contributed by atoms with Gasteiger partial charge in [0.05, 0.1) is 0 Å². The second-order valence-corrected chi connectivity index (χ2v) is 1.76. The first-order valence-electron chi connectivity index (χ1n) is 2.43. The molecular weight excluding hydrogens is 147 g/mol. The SMILES string of the molecule is Cn1cnnc1C(F)(F)F. The van der Waals surface area contributed by atoms with Crippen molar-refractivity contribution in [2.24, 2.45) is 7.05 Å². The van der Waals surface area contributed by atoms with Gasteiger partial charge in [-0.3, -0.25) is 0 Å². The van der Waals surface area contributed by atoms with Crippen LogP contribution in [0.4, 0.5) is 13.2 Å². The van der Waals surface area contributed by atoms with Crippen LogP contribution in [-0.2, 0) is 13.2 Å². The van der Waals surface area contributed by atoms with Crippen molar-refractivity contribution in [1.82, 2.24) is 14.8 Å². The fourth-order valence-electron chi connectivity index (χ4n) is 0.540. The predicted octanol–water partition coefficient (Wildman–Crippen LogP) is 0.834. The van der Waals surface area contributed by atoms with Gasteiger partial charge in [-0.1, -0.05) is 0 Å². The summed E-state index contributed by atoms with van der Waals surface area (Å²) in [4.78, 5) is 0. The van der Waals surface area contributed by atoms with E-state index in [-0.39, 0.29) is 0 Å². The van der Waals surface area contributed by atoms with Crippen molar-refractivity contribution >= 4 is 0 Å². The molecule has 0 bridgehead atoms. The van der Waals surface area contributed by atoms with Crippen molar-refractivity contribution in [3.05, 3.63) is 12.2 Å². The standard InChI is InChI=1S/C4H4F3N3/c1-10-2-8-9-3(10)4(5,6)7/h2H,1H3. The molecule has 0 aliphatic heterocycles. The van der Waals surface area contributed by atoms with Crippen molar-refractivity contribution < 1.29 is 13.2 Å². The third-order valence-electron chi connectivity index (χ3n) is 0.965. The van der Waals surface area contributed by atoms with Crippen LogP contribution in [0.2, 0.25) is 0 Å². The highest BCUT2D eigenvalue weighted by molar-refractivity contribution is 4.89. The van der Waals surface area contributed by atoms with Crippen LogP contribution in [0.15, 0.2) is 6.33 Å². The average molecular weight is 151 g/mol. The zero-order valence-electron chi connectivity index (χ0n) is 5.05. The Morgan fingerprint density at radius 2 is 2.10 bits per heavy atom. The summed E-state index contributed by atoms with van der Waals surface area (Å²) in [6.07, 6.45) is -3.39. The number of hydrogen-bond acceptors (Lipinski definition) is 2. The number of aromatic nitrogens is 3. The molecule has 0 aliphatic carbocycles. The van der Waals surface area contributed by atoms with Gasteiger partial charge in [-0.05, 0) is 0 Å². The van der Waals surface area contributed by atoms with Crippen LogP contribution in [0.1, 0.15) is 5.82 Å². The molecule has 0 amide bonds. The molecule has 56 valence electrons. The first-order chi connectivity index (χ1) is 4.52. The number of nitrogens with zero attached hydrogens (tertiary/aromatic N) is 3. The zero-order valence-corrected chi connectivity index (χ0v) is 5.05. The lowest BCUT2D eigenvalue weighted by Gasteiger charge is -2.02. The van der Waals surface area contributed by atoms with E-state index in [1.54, 1.807) is 0 Å². The minimum absolute atomic E-state index is 0.819. The molecule has 0 saturated carbocycles. The molecular formula is C4H4F3N3. The van der Waals surface area contributed by atoms with E-state index in [9.17, 15) is 13.2 Å². The Bertz CT molecular complexity index is 226. The van der Waals surface area contributed by atoms with Gasteiger partial charge < -0.3 is 4.57 Å². The Hall–Kier alpha value is -1.07. The maximum Gasteiger partial charge on any atom is 0.451 e. The zero-order chi connectivity index (χ0) is 7.78. The Labute approximate surface area is 54.5 Å². The van der Waals surface area contributed by atoms with E-state index in [1.807, 2.05) is 0 Å². The minimum Gasteiger partial charge on any atom is -0.313 e. The summed E-state index contributed by atoms with van der Waals surface area (Å²) in [5.41, 5.74) is 0. The molecule has 0 atom stereocenters. The van der Waals surface area contributed by atoms with E-state index < -0.39 is 12.0 Å². The summed E-state index contributed by atoms with van der Waals surface area (Å²) < 4.78 is 36.1. The molecule has 0 aromatic carbocycles. The lowest BCUT2D eigenvalue weighted by Crippen LogP contribution is -2.12. The topological polar surface area (TPSA) is 30.7 Å².